The van der Waals surface area contributed by atoms with Crippen molar-refractivity contribution in [3.63, 3.8) is 0 Å². The molecule has 0 fully saturated rings. The molecule has 1 aliphatic rings. The lowest BCUT2D eigenvalue weighted by Crippen LogP contribution is -2.42. The van der Waals surface area contributed by atoms with Gasteiger partial charge >= 0.3 is 6.18 Å². The highest BCUT2D eigenvalue weighted by Crippen LogP contribution is 2.51. The fraction of sp³-hybridized carbons (Fsp3) is 0.208. The molecule has 3 aromatic rings. The summed E-state index contributed by atoms with van der Waals surface area (Å²) in [5, 5.41) is 10.8. The van der Waals surface area contributed by atoms with Crippen LogP contribution in [-0.2, 0) is 15.3 Å². The van der Waals surface area contributed by atoms with Crippen molar-refractivity contribution in [1.29, 1.82) is 0 Å². The van der Waals surface area contributed by atoms with Crippen molar-refractivity contribution >= 4 is 63.4 Å². The van der Waals surface area contributed by atoms with E-state index in [-0.39, 0.29) is 38.8 Å². The van der Waals surface area contributed by atoms with Gasteiger partial charge in [0.2, 0.25) is 0 Å². The van der Waals surface area contributed by atoms with Crippen molar-refractivity contribution in [2.45, 2.75) is 18.2 Å². The zero-order chi connectivity index (χ0) is 26.1. The fourth-order valence-electron chi connectivity index (χ4n) is 3.93. The first-order valence-electron chi connectivity index (χ1n) is 10.4. The molecule has 1 heterocycles. The number of amides is 1. The van der Waals surface area contributed by atoms with Crippen LogP contribution in [0.3, 0.4) is 0 Å². The number of nitrogens with one attached hydrogen (secondary N) is 1. The van der Waals surface area contributed by atoms with Gasteiger partial charge in [-0.2, -0.15) is 13.2 Å². The predicted octanol–water partition coefficient (Wildman–Crippen LogP) is 6.74. The minimum Gasteiger partial charge on any atom is -0.399 e. The number of oxime groups is 2. The monoisotopic (exact) mass is 557 g/mol. The molecule has 1 aliphatic heterocycles. The van der Waals surface area contributed by atoms with E-state index in [1.54, 1.807) is 24.3 Å². The first kappa shape index (κ1) is 26.1. The summed E-state index contributed by atoms with van der Waals surface area (Å²) < 4.78 is 43.3. The molecule has 3 aromatic carbocycles. The molecule has 12 heteroatoms. The van der Waals surface area contributed by atoms with Crippen molar-refractivity contribution < 1.29 is 27.6 Å². The van der Waals surface area contributed by atoms with Gasteiger partial charge in [-0.1, -0.05) is 75.4 Å². The van der Waals surface area contributed by atoms with Crippen LogP contribution < -0.4 is 5.32 Å². The zero-order valence-electron chi connectivity index (χ0n) is 18.5. The number of alkyl halides is 3. The number of hydrogen-bond donors (Lipinski definition) is 1. The van der Waals surface area contributed by atoms with Gasteiger partial charge in [0.05, 0.1) is 33.5 Å². The third kappa shape index (κ3) is 4.70. The first-order valence-corrected chi connectivity index (χ1v) is 11.5. The summed E-state index contributed by atoms with van der Waals surface area (Å²) in [6.07, 6.45) is -4.13. The van der Waals surface area contributed by atoms with E-state index in [2.05, 4.69) is 20.5 Å². The molecule has 0 bridgehead atoms. The Morgan fingerprint density at radius 3 is 2.47 bits per heavy atom. The fourth-order valence-corrected chi connectivity index (χ4v) is 4.53. The third-order valence-electron chi connectivity index (χ3n) is 5.65. The molecule has 0 radical (unpaired) electrons. The Kier molecular flexibility index (Phi) is 7.36. The summed E-state index contributed by atoms with van der Waals surface area (Å²) in [6.45, 7) is 0.129. The summed E-state index contributed by atoms with van der Waals surface area (Å²) in [4.78, 5) is 22.4. The van der Waals surface area contributed by atoms with Crippen molar-refractivity contribution in [1.82, 2.24) is 5.32 Å². The van der Waals surface area contributed by atoms with E-state index in [4.69, 9.17) is 39.6 Å². The molecule has 36 heavy (non-hydrogen) atoms. The van der Waals surface area contributed by atoms with E-state index in [1.165, 1.54) is 25.5 Å². The predicted molar refractivity (Wildman–Crippen MR) is 133 cm³/mol. The Morgan fingerprint density at radius 2 is 1.83 bits per heavy atom. The minimum absolute atomic E-state index is 0.0462. The van der Waals surface area contributed by atoms with E-state index in [1.807, 2.05) is 0 Å². The molecule has 0 saturated carbocycles. The zero-order valence-corrected chi connectivity index (χ0v) is 20.8. The molecule has 0 saturated heterocycles. The molecule has 1 N–H and O–H groups in total. The highest BCUT2D eigenvalue weighted by Gasteiger charge is 2.62. The van der Waals surface area contributed by atoms with E-state index >= 15 is 0 Å². The first-order chi connectivity index (χ1) is 17.1. The number of halogens is 6. The molecule has 6 nitrogen and oxygen atoms in total. The molecule has 0 spiro atoms. The summed E-state index contributed by atoms with van der Waals surface area (Å²) in [7, 11) is 1.38. The van der Waals surface area contributed by atoms with E-state index in [0.29, 0.717) is 21.9 Å². The number of nitrogens with zero attached hydrogens (tertiary/aromatic N) is 2. The van der Waals surface area contributed by atoms with Crippen molar-refractivity contribution in [3.8, 4) is 0 Å². The quantitative estimate of drug-likeness (QED) is 0.207. The summed E-state index contributed by atoms with van der Waals surface area (Å²) in [5.41, 5.74) is -2.38. The van der Waals surface area contributed by atoms with Crippen LogP contribution in [0.5, 0.6) is 0 Å². The van der Waals surface area contributed by atoms with Gasteiger partial charge in [0, 0.05) is 23.1 Å². The van der Waals surface area contributed by atoms with Gasteiger partial charge in [0.1, 0.15) is 7.11 Å². The normalized spacial score (nSPS) is 17.8. The average Bonchev–Trinajstić information content (AvgIpc) is 3.31. The number of rotatable bonds is 6. The second-order valence-electron chi connectivity index (χ2n) is 7.77. The van der Waals surface area contributed by atoms with Crippen LogP contribution >= 0.6 is 34.8 Å². The molecule has 0 aromatic heterocycles. The maximum atomic E-state index is 14.4. The van der Waals surface area contributed by atoms with E-state index in [9.17, 15) is 18.0 Å². The number of carbonyl (C=O) groups is 1. The molecule has 4 rings (SSSR count). The van der Waals surface area contributed by atoms with Crippen LogP contribution in [0.25, 0.3) is 10.8 Å². The van der Waals surface area contributed by atoms with E-state index in [0.717, 1.165) is 12.1 Å². The van der Waals surface area contributed by atoms with Crippen LogP contribution in [0.2, 0.25) is 15.1 Å². The lowest BCUT2D eigenvalue weighted by atomic mass is 9.85. The van der Waals surface area contributed by atoms with Crippen LogP contribution in [0, 0.1) is 0 Å². The maximum absolute atomic E-state index is 14.4. The number of hydrogen-bond acceptors (Lipinski definition) is 5. The van der Waals surface area contributed by atoms with Crippen LogP contribution in [0.15, 0.2) is 58.8 Å². The largest absolute Gasteiger partial charge is 0.435 e. The second-order valence-corrected chi connectivity index (χ2v) is 8.96. The highest BCUT2D eigenvalue weighted by molar-refractivity contribution is 6.48. The Labute approximate surface area is 218 Å². The molecular formula is C24H17Cl3F3N3O3. The molecule has 1 amide bonds. The van der Waals surface area contributed by atoms with Crippen LogP contribution in [-0.4, -0.2) is 37.7 Å². The molecule has 188 valence electrons. The standard InChI is InChI=1S/C24H17Cl3F3N3O3/c1-35-32-9-8-31-22(34)17-7-6-16(14-4-2-3-5-15(14)17)20-12-23(36-33-20,24(28,29)30)13-10-18(25)21(27)19(26)11-13/h2-7,9-11H,8,12H2,1H3,(H,31,34). The van der Waals surface area contributed by atoms with Gasteiger partial charge in [-0.3, -0.25) is 4.79 Å². The van der Waals surface area contributed by atoms with Crippen molar-refractivity contribution in [3.05, 3.63) is 80.3 Å². The average molecular weight is 559 g/mol. The molecular weight excluding hydrogens is 542 g/mol. The maximum Gasteiger partial charge on any atom is 0.435 e. The summed E-state index contributed by atoms with van der Waals surface area (Å²) >= 11 is 18.0. The van der Waals surface area contributed by atoms with Crippen LogP contribution in [0.4, 0.5) is 13.2 Å². The molecule has 0 aliphatic carbocycles. The Hall–Kier alpha value is -3.01. The second kappa shape index (κ2) is 10.2. The van der Waals surface area contributed by atoms with Gasteiger partial charge < -0.3 is 15.0 Å². The van der Waals surface area contributed by atoms with Gasteiger partial charge in [-0.15, -0.1) is 0 Å². The number of carbonyl (C=O) groups excluding carboxylic acids is 1. The topological polar surface area (TPSA) is 72.3 Å². The lowest BCUT2D eigenvalue weighted by molar-refractivity contribution is -0.275. The summed E-state index contributed by atoms with van der Waals surface area (Å²) in [5.74, 6) is -0.389. The van der Waals surface area contributed by atoms with Crippen molar-refractivity contribution in [2.75, 3.05) is 13.7 Å². The molecule has 1 atom stereocenters. The van der Waals surface area contributed by atoms with Crippen LogP contribution in [0.1, 0.15) is 27.9 Å². The number of fused-ring (bicyclic) bond motifs is 1. The molecule has 1 unspecified atom stereocenters. The lowest BCUT2D eigenvalue weighted by Gasteiger charge is -2.30. The Balaban J connectivity index is 1.73. The van der Waals surface area contributed by atoms with Gasteiger partial charge in [0.15, 0.2) is 0 Å². The third-order valence-corrected chi connectivity index (χ3v) is 6.85. The Bertz CT molecular complexity index is 1370. The highest BCUT2D eigenvalue weighted by atomic mass is 35.5. The summed E-state index contributed by atoms with van der Waals surface area (Å²) in [6, 6.07) is 12.0. The SMILES string of the molecule is CON=CCNC(=O)c1ccc(C2=NOC(c3cc(Cl)c(Cl)c(Cl)c3)(C(F)(F)F)C2)c2ccccc12. The number of benzene rings is 3. The van der Waals surface area contributed by atoms with Gasteiger partial charge in [-0.05, 0) is 29.0 Å². The Morgan fingerprint density at radius 1 is 1.17 bits per heavy atom. The minimum atomic E-state index is -4.86. The smallest absolute Gasteiger partial charge is 0.399 e. The van der Waals surface area contributed by atoms with Gasteiger partial charge in [0.25, 0.3) is 11.5 Å². The van der Waals surface area contributed by atoms with Crippen molar-refractivity contribution in [2.24, 2.45) is 10.3 Å². The van der Waals surface area contributed by atoms with E-state index < -0.39 is 18.2 Å². The van der Waals surface area contributed by atoms with Gasteiger partial charge in [-0.25, -0.2) is 0 Å².